The second-order valence-electron chi connectivity index (χ2n) is 8.17. The van der Waals surface area contributed by atoms with Crippen LogP contribution in [0.2, 0.25) is 0 Å². The maximum absolute atomic E-state index is 12.1. The van der Waals surface area contributed by atoms with Crippen LogP contribution in [-0.2, 0) is 19.9 Å². The summed E-state index contributed by atoms with van der Waals surface area (Å²) in [6.45, 7) is 6.10. The average Bonchev–Trinajstić information content (AvgIpc) is 3.14. The molecule has 1 aliphatic rings. The molecule has 3 rings (SSSR count). The molecule has 0 aliphatic carbocycles. The number of ether oxygens (including phenoxy) is 2. The smallest absolute Gasteiger partial charge is 0.408 e. The fourth-order valence-electron chi connectivity index (χ4n) is 3.06. The molecular weight excluding hydrogens is 406 g/mol. The first-order valence-corrected chi connectivity index (χ1v) is 10.7. The molecule has 1 saturated heterocycles. The van der Waals surface area contributed by atoms with E-state index in [2.05, 4.69) is 15.6 Å². The molecule has 9 heteroatoms. The molecule has 30 heavy (non-hydrogen) atoms. The summed E-state index contributed by atoms with van der Waals surface area (Å²) in [5, 5.41) is 18.3. The molecule has 1 fully saturated rings. The third kappa shape index (κ3) is 6.01. The number of aliphatic hydroxyl groups is 1. The first-order chi connectivity index (χ1) is 14.1. The molecule has 0 atom stereocenters. The summed E-state index contributed by atoms with van der Waals surface area (Å²) in [4.78, 5) is 28.2. The van der Waals surface area contributed by atoms with Crippen molar-refractivity contribution in [3.8, 4) is 11.3 Å². The van der Waals surface area contributed by atoms with Crippen LogP contribution in [0.15, 0.2) is 29.6 Å². The van der Waals surface area contributed by atoms with E-state index in [9.17, 15) is 14.7 Å². The number of carbonyl (C=O) groups is 2. The van der Waals surface area contributed by atoms with Gasteiger partial charge in [-0.15, -0.1) is 11.3 Å². The highest BCUT2D eigenvalue weighted by Gasteiger charge is 2.32. The fraction of sp³-hybridized carbons (Fsp3) is 0.476. The van der Waals surface area contributed by atoms with Gasteiger partial charge in [-0.1, -0.05) is 18.2 Å². The lowest BCUT2D eigenvalue weighted by Gasteiger charge is -2.32. The quantitative estimate of drug-likeness (QED) is 0.668. The number of rotatable bonds is 5. The van der Waals surface area contributed by atoms with E-state index in [1.165, 1.54) is 11.3 Å². The zero-order valence-corrected chi connectivity index (χ0v) is 18.2. The maximum Gasteiger partial charge on any atom is 0.408 e. The van der Waals surface area contributed by atoms with Crippen molar-refractivity contribution >= 4 is 28.5 Å². The largest absolute Gasteiger partial charge is 0.444 e. The first kappa shape index (κ1) is 22.2. The van der Waals surface area contributed by atoms with Crippen molar-refractivity contribution in [1.82, 2.24) is 10.3 Å². The Bertz CT molecular complexity index is 900. The SMILES string of the molecule is CC(C)(C)OC(=O)NCC(=O)Nc1nc(-c2cccc(C3(O)CCOCC3)c2)cs1. The van der Waals surface area contributed by atoms with Crippen LogP contribution < -0.4 is 10.6 Å². The van der Waals surface area contributed by atoms with Crippen molar-refractivity contribution in [2.75, 3.05) is 25.1 Å². The molecule has 8 nitrogen and oxygen atoms in total. The van der Waals surface area contributed by atoms with Gasteiger partial charge in [-0.25, -0.2) is 9.78 Å². The monoisotopic (exact) mass is 433 g/mol. The Morgan fingerprint density at radius 3 is 2.73 bits per heavy atom. The number of nitrogens with one attached hydrogen (secondary N) is 2. The van der Waals surface area contributed by atoms with Crippen LogP contribution in [-0.4, -0.2) is 47.5 Å². The van der Waals surface area contributed by atoms with Crippen molar-refractivity contribution < 1.29 is 24.2 Å². The summed E-state index contributed by atoms with van der Waals surface area (Å²) in [7, 11) is 0. The second-order valence-corrected chi connectivity index (χ2v) is 9.02. The Balaban J connectivity index is 1.60. The van der Waals surface area contributed by atoms with Crippen LogP contribution in [0.4, 0.5) is 9.93 Å². The normalized spacial score (nSPS) is 16.0. The van der Waals surface area contributed by atoms with Crippen LogP contribution in [0.25, 0.3) is 11.3 Å². The molecule has 0 unspecified atom stereocenters. The van der Waals surface area contributed by atoms with Gasteiger partial charge in [0.2, 0.25) is 5.91 Å². The molecule has 0 saturated carbocycles. The predicted molar refractivity (Wildman–Crippen MR) is 114 cm³/mol. The highest BCUT2D eigenvalue weighted by Crippen LogP contribution is 2.34. The van der Waals surface area contributed by atoms with Crippen LogP contribution in [0.5, 0.6) is 0 Å². The van der Waals surface area contributed by atoms with Crippen molar-refractivity contribution in [3.63, 3.8) is 0 Å². The molecule has 1 aromatic carbocycles. The van der Waals surface area contributed by atoms with Crippen molar-refractivity contribution in [2.45, 2.75) is 44.8 Å². The van der Waals surface area contributed by atoms with Crippen molar-refractivity contribution in [2.24, 2.45) is 0 Å². The predicted octanol–water partition coefficient (Wildman–Crippen LogP) is 3.27. The lowest BCUT2D eigenvalue weighted by atomic mass is 9.85. The zero-order valence-electron chi connectivity index (χ0n) is 17.4. The molecule has 2 aromatic rings. The number of benzene rings is 1. The zero-order chi connectivity index (χ0) is 21.8. The van der Waals surface area contributed by atoms with Gasteiger partial charge in [0.15, 0.2) is 5.13 Å². The number of nitrogens with zero attached hydrogens (tertiary/aromatic N) is 1. The number of anilines is 1. The van der Waals surface area contributed by atoms with E-state index in [4.69, 9.17) is 9.47 Å². The summed E-state index contributed by atoms with van der Waals surface area (Å²) >= 11 is 1.29. The molecule has 2 amide bonds. The molecule has 0 bridgehead atoms. The van der Waals surface area contributed by atoms with Crippen molar-refractivity contribution in [1.29, 1.82) is 0 Å². The van der Waals surface area contributed by atoms with Crippen LogP contribution in [0, 0.1) is 0 Å². The van der Waals surface area contributed by atoms with Gasteiger partial charge in [-0.2, -0.15) is 0 Å². The standard InChI is InChI=1S/C21H27N3O5S/c1-20(2,3)29-19(26)22-12-17(25)24-18-23-16(13-30-18)14-5-4-6-15(11-14)21(27)7-9-28-10-8-21/h4-6,11,13,27H,7-10,12H2,1-3H3,(H,22,26)(H,23,24,25). The van der Waals surface area contributed by atoms with E-state index >= 15 is 0 Å². The van der Waals surface area contributed by atoms with Gasteiger partial charge in [0, 0.05) is 37.0 Å². The second kappa shape index (κ2) is 9.11. The molecule has 3 N–H and O–H groups in total. The minimum absolute atomic E-state index is 0.214. The molecule has 1 aliphatic heterocycles. The summed E-state index contributed by atoms with van der Waals surface area (Å²) < 4.78 is 10.5. The molecule has 1 aromatic heterocycles. The molecule has 2 heterocycles. The number of hydrogen-bond acceptors (Lipinski definition) is 7. The van der Waals surface area contributed by atoms with Crippen LogP contribution in [0.3, 0.4) is 0 Å². The topological polar surface area (TPSA) is 110 Å². The Morgan fingerprint density at radius 2 is 2.03 bits per heavy atom. The Labute approximate surface area is 179 Å². The summed E-state index contributed by atoms with van der Waals surface area (Å²) in [6, 6.07) is 7.64. The van der Waals surface area contributed by atoms with Gasteiger partial charge in [-0.05, 0) is 32.4 Å². The Hall–Kier alpha value is -2.49. The van der Waals surface area contributed by atoms with Crippen LogP contribution >= 0.6 is 11.3 Å². The first-order valence-electron chi connectivity index (χ1n) is 9.78. The highest BCUT2D eigenvalue weighted by atomic mass is 32.1. The number of carbonyl (C=O) groups excluding carboxylic acids is 2. The maximum atomic E-state index is 12.1. The van der Waals surface area contributed by atoms with Crippen molar-refractivity contribution in [3.05, 3.63) is 35.2 Å². The van der Waals surface area contributed by atoms with E-state index in [-0.39, 0.29) is 6.54 Å². The summed E-state index contributed by atoms with van der Waals surface area (Å²) in [6.07, 6.45) is 0.458. The van der Waals surface area contributed by atoms with Gasteiger partial charge < -0.3 is 25.2 Å². The van der Waals surface area contributed by atoms with Gasteiger partial charge in [0.25, 0.3) is 0 Å². The lowest BCUT2D eigenvalue weighted by molar-refractivity contribution is -0.115. The van der Waals surface area contributed by atoms with Crippen LogP contribution in [0.1, 0.15) is 39.2 Å². The van der Waals surface area contributed by atoms with Gasteiger partial charge in [0.1, 0.15) is 12.1 Å². The summed E-state index contributed by atoms with van der Waals surface area (Å²) in [5.41, 5.74) is 0.874. The molecule has 0 spiro atoms. The number of alkyl carbamates (subject to hydrolysis) is 1. The number of hydrogen-bond donors (Lipinski definition) is 3. The van der Waals surface area contributed by atoms with E-state index in [0.717, 1.165) is 11.1 Å². The number of aromatic nitrogens is 1. The third-order valence-corrected chi connectivity index (χ3v) is 5.32. The van der Waals surface area contributed by atoms with E-state index in [1.54, 1.807) is 20.8 Å². The van der Waals surface area contributed by atoms with E-state index in [1.807, 2.05) is 29.6 Å². The van der Waals surface area contributed by atoms with E-state index in [0.29, 0.717) is 36.9 Å². The minimum atomic E-state index is -0.894. The fourth-order valence-corrected chi connectivity index (χ4v) is 3.80. The number of amides is 2. The van der Waals surface area contributed by atoms with Gasteiger partial charge >= 0.3 is 6.09 Å². The van der Waals surface area contributed by atoms with Gasteiger partial charge in [-0.3, -0.25) is 4.79 Å². The highest BCUT2D eigenvalue weighted by molar-refractivity contribution is 7.14. The van der Waals surface area contributed by atoms with E-state index < -0.39 is 23.2 Å². The molecule has 162 valence electrons. The minimum Gasteiger partial charge on any atom is -0.444 e. The number of thiazole rings is 1. The Kier molecular flexibility index (Phi) is 6.74. The molecular formula is C21H27N3O5S. The average molecular weight is 434 g/mol. The Morgan fingerprint density at radius 1 is 1.30 bits per heavy atom. The lowest BCUT2D eigenvalue weighted by Crippen LogP contribution is -2.37. The molecule has 0 radical (unpaired) electrons. The van der Waals surface area contributed by atoms with Gasteiger partial charge in [0.05, 0.1) is 11.3 Å². The third-order valence-electron chi connectivity index (χ3n) is 4.56. The summed E-state index contributed by atoms with van der Waals surface area (Å²) in [5.74, 6) is -0.396.